The maximum atomic E-state index is 11.1. The van der Waals surface area contributed by atoms with Crippen molar-refractivity contribution in [1.82, 2.24) is 4.90 Å². The predicted molar refractivity (Wildman–Crippen MR) is 172 cm³/mol. The summed E-state index contributed by atoms with van der Waals surface area (Å²) in [6, 6.07) is 25.4. The van der Waals surface area contributed by atoms with E-state index in [2.05, 4.69) is 48.4 Å². The highest BCUT2D eigenvalue weighted by Crippen LogP contribution is 2.62. The lowest BCUT2D eigenvalue weighted by Crippen LogP contribution is -2.64. The molecule has 0 amide bonds. The van der Waals surface area contributed by atoms with Gasteiger partial charge in [-0.05, 0) is 74.9 Å². The number of phosphoric ester groups is 1. The number of methoxy groups -OCH3 is 1. The van der Waals surface area contributed by atoms with Crippen LogP contribution in [0, 0.1) is 5.92 Å². The molecule has 1 saturated carbocycles. The Kier molecular flexibility index (Phi) is 7.96. The molecular weight excluding hydrogens is 589 g/mol. The van der Waals surface area contributed by atoms with Gasteiger partial charge in [-0.15, -0.1) is 0 Å². The van der Waals surface area contributed by atoms with Gasteiger partial charge in [0.1, 0.15) is 12.2 Å². The van der Waals surface area contributed by atoms with Crippen molar-refractivity contribution < 1.29 is 33.5 Å². The Morgan fingerprint density at radius 3 is 2.16 bits per heavy atom. The maximum absolute atomic E-state index is 11.1. The van der Waals surface area contributed by atoms with Gasteiger partial charge in [-0.3, -0.25) is 4.52 Å². The van der Waals surface area contributed by atoms with Crippen LogP contribution >= 0.6 is 7.82 Å². The Labute approximate surface area is 264 Å². The van der Waals surface area contributed by atoms with Gasteiger partial charge in [0, 0.05) is 28.4 Å². The van der Waals surface area contributed by atoms with Crippen LogP contribution in [0.15, 0.2) is 84.9 Å². The summed E-state index contributed by atoms with van der Waals surface area (Å²) in [6.45, 7) is 1.05. The van der Waals surface area contributed by atoms with Gasteiger partial charge >= 0.3 is 7.82 Å². The van der Waals surface area contributed by atoms with Crippen molar-refractivity contribution in [3.63, 3.8) is 0 Å². The van der Waals surface area contributed by atoms with Crippen LogP contribution < -0.4 is 9.47 Å². The minimum Gasteiger partial charge on any atom is -0.493 e. The van der Waals surface area contributed by atoms with E-state index in [-0.39, 0.29) is 23.0 Å². The van der Waals surface area contributed by atoms with Gasteiger partial charge < -0.3 is 29.3 Å². The molecule has 238 valence electrons. The summed E-state index contributed by atoms with van der Waals surface area (Å²) in [4.78, 5) is 20.5. The van der Waals surface area contributed by atoms with E-state index in [9.17, 15) is 9.67 Å². The van der Waals surface area contributed by atoms with Gasteiger partial charge in [-0.1, -0.05) is 78.9 Å². The molecule has 2 bridgehead atoms. The predicted octanol–water partition coefficient (Wildman–Crippen LogP) is 5.53. The molecule has 3 aliphatic carbocycles. The first-order valence-corrected chi connectivity index (χ1v) is 17.5. The van der Waals surface area contributed by atoms with Gasteiger partial charge in [0.05, 0.1) is 13.2 Å². The second kappa shape index (κ2) is 11.7. The fraction of sp³-hybridized carbons (Fsp3) is 0.444. The van der Waals surface area contributed by atoms with E-state index in [0.29, 0.717) is 24.8 Å². The number of benzene rings is 3. The zero-order chi connectivity index (χ0) is 31.4. The highest BCUT2D eigenvalue weighted by atomic mass is 31.2. The van der Waals surface area contributed by atoms with E-state index >= 15 is 0 Å². The highest BCUT2D eigenvalue weighted by Gasteiger charge is 2.64. The van der Waals surface area contributed by atoms with Crippen molar-refractivity contribution in [3.05, 3.63) is 107 Å². The van der Waals surface area contributed by atoms with Crippen LogP contribution in [-0.4, -0.2) is 64.8 Å². The Morgan fingerprint density at radius 1 is 0.911 bits per heavy atom. The van der Waals surface area contributed by atoms with Gasteiger partial charge in [-0.2, -0.15) is 0 Å². The molecule has 3 N–H and O–H groups in total. The number of rotatable bonds is 5. The monoisotopic (exact) mass is 631 g/mol. The number of aliphatic hydroxyl groups excluding tert-OH is 1. The highest BCUT2D eigenvalue weighted by molar-refractivity contribution is 7.46. The molecule has 2 aliphatic heterocycles. The number of hydrogen-bond acceptors (Lipinski definition) is 6. The average Bonchev–Trinajstić information content (AvgIpc) is 3.40. The quantitative estimate of drug-likeness (QED) is 0.250. The number of likely N-dealkylation sites (tertiary alicyclic amines) is 1. The molecule has 0 radical (unpaired) electrons. The molecule has 1 spiro atoms. The van der Waals surface area contributed by atoms with Crippen molar-refractivity contribution >= 4 is 7.82 Å². The number of piperidine rings is 1. The minimum absolute atomic E-state index is 0.0806. The first-order chi connectivity index (χ1) is 21.7. The van der Waals surface area contributed by atoms with Crippen LogP contribution in [0.5, 0.6) is 11.5 Å². The van der Waals surface area contributed by atoms with Crippen LogP contribution in [0.4, 0.5) is 0 Å². The average molecular weight is 632 g/mol. The van der Waals surface area contributed by atoms with Crippen molar-refractivity contribution in [2.75, 3.05) is 20.7 Å². The number of likely N-dealkylation sites (N-methyl/N-ethyl adjacent to an activating group) is 1. The first kappa shape index (κ1) is 30.7. The molecule has 9 heteroatoms. The number of phosphoric acid groups is 1. The third kappa shape index (κ3) is 5.16. The van der Waals surface area contributed by atoms with E-state index in [1.54, 1.807) is 7.11 Å². The summed E-state index contributed by atoms with van der Waals surface area (Å²) < 4.78 is 27.8. The summed E-state index contributed by atoms with van der Waals surface area (Å²) in [5.41, 5.74) is 4.99. The summed E-state index contributed by atoms with van der Waals surface area (Å²) in [7, 11) is -0.513. The second-order valence-corrected chi connectivity index (χ2v) is 14.4. The third-order valence-corrected chi connectivity index (χ3v) is 11.7. The number of ether oxygens (including phenoxy) is 2. The van der Waals surface area contributed by atoms with Crippen LogP contribution in [0.3, 0.4) is 0 Å². The van der Waals surface area contributed by atoms with Gasteiger partial charge in [0.2, 0.25) is 0 Å². The maximum Gasteiger partial charge on any atom is 0.469 e. The fourth-order valence-electron chi connectivity index (χ4n) is 9.03. The lowest BCUT2D eigenvalue weighted by atomic mass is 9.53. The van der Waals surface area contributed by atoms with E-state index in [1.807, 2.05) is 48.5 Å². The van der Waals surface area contributed by atoms with E-state index in [0.717, 1.165) is 43.7 Å². The summed E-state index contributed by atoms with van der Waals surface area (Å²) in [5, 5.41) is 10.6. The van der Waals surface area contributed by atoms with Crippen LogP contribution in [0.25, 0.3) is 0 Å². The van der Waals surface area contributed by atoms with Crippen LogP contribution in [-0.2, 0) is 26.3 Å². The molecule has 3 aromatic rings. The second-order valence-electron chi connectivity index (χ2n) is 13.2. The zero-order valence-corrected chi connectivity index (χ0v) is 26.7. The van der Waals surface area contributed by atoms with Crippen LogP contribution in [0.2, 0.25) is 0 Å². The summed E-state index contributed by atoms with van der Waals surface area (Å²) in [6.07, 6.45) is 8.05. The van der Waals surface area contributed by atoms with Gasteiger partial charge in [-0.25, -0.2) is 4.57 Å². The molecule has 5 aliphatic rings. The SMILES string of the molecule is COc1ccc2c3c1O[C@H]1[C@@H](O)C=C[C@H]4[C@@H](C2)N(C)CC[C@@]341.O=P(O)(O)OC1CCC(c2ccccc2)(c2ccccc2)CC1. The Balaban J connectivity index is 0.000000145. The van der Waals surface area contributed by atoms with E-state index in [1.165, 1.54) is 22.3 Å². The van der Waals surface area contributed by atoms with Crippen molar-refractivity contribution in [2.24, 2.45) is 5.92 Å². The normalized spacial score (nSPS) is 29.6. The molecule has 2 fully saturated rings. The van der Waals surface area contributed by atoms with Crippen molar-refractivity contribution in [2.45, 2.75) is 73.7 Å². The Bertz CT molecular complexity index is 1560. The molecule has 1 saturated heterocycles. The van der Waals surface area contributed by atoms with Gasteiger partial charge in [0.25, 0.3) is 0 Å². The number of hydrogen-bond donors (Lipinski definition) is 3. The smallest absolute Gasteiger partial charge is 0.469 e. The summed E-state index contributed by atoms with van der Waals surface area (Å²) in [5.74, 6) is 2.09. The largest absolute Gasteiger partial charge is 0.493 e. The van der Waals surface area contributed by atoms with E-state index < -0.39 is 13.9 Å². The molecule has 45 heavy (non-hydrogen) atoms. The Morgan fingerprint density at radius 2 is 1.56 bits per heavy atom. The third-order valence-electron chi connectivity index (χ3n) is 11.1. The number of aliphatic hydroxyl groups is 1. The zero-order valence-electron chi connectivity index (χ0n) is 25.8. The molecule has 8 nitrogen and oxygen atoms in total. The van der Waals surface area contributed by atoms with Crippen molar-refractivity contribution in [3.8, 4) is 11.5 Å². The minimum atomic E-state index is -4.42. The lowest BCUT2D eigenvalue weighted by molar-refractivity contribution is -0.0453. The van der Waals surface area contributed by atoms with Crippen LogP contribution in [0.1, 0.15) is 54.4 Å². The summed E-state index contributed by atoms with van der Waals surface area (Å²) >= 11 is 0. The van der Waals surface area contributed by atoms with Crippen molar-refractivity contribution in [1.29, 1.82) is 0 Å². The molecule has 5 atom stereocenters. The molecule has 0 aromatic heterocycles. The lowest BCUT2D eigenvalue weighted by Gasteiger charge is -2.56. The standard InChI is InChI=1S/C18H21NO3.C18H21O4P/c1-19-8-7-18-11-4-5-13(20)17(18)22-16-14(21-2)6-3-10(15(16)18)9-12(11)19;19-23(20,21)22-17-11-13-18(14-12-17,15-7-3-1-4-8-15)16-9-5-2-6-10-16/h3-6,11-13,17,20H,7-9H2,1-2H3;1-10,17H,11-14H2,(H2,19,20,21)/t11-,12+,13-,17-,18-;/m0./s1. The molecular formula is C36H42NO7P. The molecule has 3 aromatic carbocycles. The van der Waals surface area contributed by atoms with E-state index in [4.69, 9.17) is 23.8 Å². The molecule has 0 unspecified atom stereocenters. The topological polar surface area (TPSA) is 109 Å². The fourth-order valence-corrected chi connectivity index (χ4v) is 9.63. The Hall–Kier alpha value is -2.97. The first-order valence-electron chi connectivity index (χ1n) is 15.9. The molecule has 8 rings (SSSR count). The number of nitrogens with zero attached hydrogens (tertiary/aromatic N) is 1. The van der Waals surface area contributed by atoms with Gasteiger partial charge in [0.15, 0.2) is 11.5 Å². The molecule has 2 heterocycles.